The Hall–Kier alpha value is -1.05. The van der Waals surface area contributed by atoms with E-state index in [2.05, 4.69) is 0 Å². The summed E-state index contributed by atoms with van der Waals surface area (Å²) in [5.74, 6) is 0.454. The van der Waals surface area contributed by atoms with Crippen molar-refractivity contribution in [2.45, 2.75) is 11.8 Å². The van der Waals surface area contributed by atoms with E-state index < -0.39 is 10.0 Å². The molecule has 0 bridgehead atoms. The summed E-state index contributed by atoms with van der Waals surface area (Å²) in [4.78, 5) is 14.9. The van der Waals surface area contributed by atoms with Crippen LogP contribution in [0.4, 0.5) is 0 Å². The molecule has 5 nitrogen and oxygen atoms in total. The Labute approximate surface area is 130 Å². The van der Waals surface area contributed by atoms with Gasteiger partial charge in [-0.25, -0.2) is 8.42 Å². The van der Waals surface area contributed by atoms with Crippen LogP contribution in [0.2, 0.25) is 0 Å². The Morgan fingerprint density at radius 2 is 1.71 bits per heavy atom. The van der Waals surface area contributed by atoms with Gasteiger partial charge in [-0.3, -0.25) is 4.79 Å². The lowest BCUT2D eigenvalue weighted by molar-refractivity contribution is -0.129. The number of hydrogen-bond acceptors (Lipinski definition) is 4. The third-order valence-corrected chi connectivity index (χ3v) is 5.74. The molecule has 0 radical (unpaired) electrons. The second-order valence-electron chi connectivity index (χ2n) is 5.14. The summed E-state index contributed by atoms with van der Waals surface area (Å²) >= 11 is 1.51. The highest BCUT2D eigenvalue weighted by Gasteiger charge is 2.25. The highest BCUT2D eigenvalue weighted by atomic mass is 32.2. The summed E-state index contributed by atoms with van der Waals surface area (Å²) in [6, 6.07) is 8.07. The SMILES string of the molecule is Cc1ccc(SCC(=O)N2CCN(S(C)(=O)=O)CC2)cc1. The highest BCUT2D eigenvalue weighted by Crippen LogP contribution is 2.19. The molecule has 1 fully saturated rings. The van der Waals surface area contributed by atoms with Crippen LogP contribution in [-0.4, -0.2) is 61.7 Å². The fraction of sp³-hybridized carbons (Fsp3) is 0.500. The quantitative estimate of drug-likeness (QED) is 0.779. The first kappa shape index (κ1) is 16.3. The maximum absolute atomic E-state index is 12.1. The van der Waals surface area contributed by atoms with Crippen molar-refractivity contribution in [1.82, 2.24) is 9.21 Å². The first-order valence-corrected chi connectivity index (χ1v) is 9.62. The summed E-state index contributed by atoms with van der Waals surface area (Å²) < 4.78 is 24.3. The molecule has 1 amide bonds. The second-order valence-corrected chi connectivity index (χ2v) is 8.18. The topological polar surface area (TPSA) is 57.7 Å². The second kappa shape index (κ2) is 6.81. The normalized spacial score (nSPS) is 17.0. The lowest BCUT2D eigenvalue weighted by atomic mass is 10.2. The maximum atomic E-state index is 12.1. The molecule has 7 heteroatoms. The minimum Gasteiger partial charge on any atom is -0.339 e. The minimum absolute atomic E-state index is 0.0636. The Balaban J connectivity index is 1.81. The standard InChI is InChI=1S/C14H20N2O3S2/c1-12-3-5-13(6-4-12)20-11-14(17)15-7-9-16(10-8-15)21(2,18)19/h3-6H,7-11H2,1-2H3. The number of carbonyl (C=O) groups is 1. The Morgan fingerprint density at radius 1 is 1.14 bits per heavy atom. The van der Waals surface area contributed by atoms with E-state index in [1.165, 1.54) is 27.9 Å². The number of aryl methyl sites for hydroxylation is 1. The van der Waals surface area contributed by atoms with Crippen LogP contribution in [0, 0.1) is 6.92 Å². The number of thioether (sulfide) groups is 1. The fourth-order valence-corrected chi connectivity index (χ4v) is 3.77. The van der Waals surface area contributed by atoms with Crippen molar-refractivity contribution in [3.63, 3.8) is 0 Å². The van der Waals surface area contributed by atoms with Gasteiger partial charge in [0.15, 0.2) is 0 Å². The van der Waals surface area contributed by atoms with Crippen molar-refractivity contribution in [1.29, 1.82) is 0 Å². The van der Waals surface area contributed by atoms with Crippen molar-refractivity contribution in [2.24, 2.45) is 0 Å². The van der Waals surface area contributed by atoms with Crippen molar-refractivity contribution in [3.05, 3.63) is 29.8 Å². The van der Waals surface area contributed by atoms with E-state index in [0.717, 1.165) is 4.90 Å². The molecule has 0 N–H and O–H groups in total. The number of benzene rings is 1. The molecule has 2 rings (SSSR count). The van der Waals surface area contributed by atoms with Gasteiger partial charge in [0.2, 0.25) is 15.9 Å². The summed E-state index contributed by atoms with van der Waals surface area (Å²) in [7, 11) is -3.14. The number of amides is 1. The van der Waals surface area contributed by atoms with Crippen molar-refractivity contribution < 1.29 is 13.2 Å². The van der Waals surface area contributed by atoms with Crippen LogP contribution in [0.1, 0.15) is 5.56 Å². The molecule has 0 aliphatic carbocycles. The zero-order valence-electron chi connectivity index (χ0n) is 12.3. The molecule has 21 heavy (non-hydrogen) atoms. The number of hydrogen-bond donors (Lipinski definition) is 0. The Bertz CT molecular complexity index is 591. The number of rotatable bonds is 4. The average Bonchev–Trinajstić information content (AvgIpc) is 2.45. The number of nitrogens with zero attached hydrogens (tertiary/aromatic N) is 2. The largest absolute Gasteiger partial charge is 0.339 e. The molecule has 1 aliphatic rings. The molecule has 0 aromatic heterocycles. The maximum Gasteiger partial charge on any atom is 0.233 e. The summed E-state index contributed by atoms with van der Waals surface area (Å²) in [6.07, 6.45) is 1.21. The van der Waals surface area contributed by atoms with Gasteiger partial charge in [-0.2, -0.15) is 4.31 Å². The molecule has 1 aromatic rings. The molecule has 1 saturated heterocycles. The molecule has 0 unspecified atom stereocenters. The molecule has 0 spiro atoms. The van der Waals surface area contributed by atoms with Gasteiger partial charge in [0.05, 0.1) is 12.0 Å². The molecule has 0 atom stereocenters. The van der Waals surface area contributed by atoms with Crippen LogP contribution < -0.4 is 0 Å². The summed E-state index contributed by atoms with van der Waals surface area (Å²) in [6.45, 7) is 3.75. The van der Waals surface area contributed by atoms with Crippen LogP contribution in [0.15, 0.2) is 29.2 Å². The van der Waals surface area contributed by atoms with Crippen molar-refractivity contribution >= 4 is 27.7 Å². The number of carbonyl (C=O) groups excluding carboxylic acids is 1. The van der Waals surface area contributed by atoms with E-state index in [4.69, 9.17) is 0 Å². The predicted octanol–water partition coefficient (Wildman–Crippen LogP) is 1.19. The first-order valence-electron chi connectivity index (χ1n) is 6.78. The zero-order chi connectivity index (χ0) is 15.5. The summed E-state index contributed by atoms with van der Waals surface area (Å²) in [5.41, 5.74) is 1.20. The van der Waals surface area contributed by atoms with Gasteiger partial charge in [-0.1, -0.05) is 17.7 Å². The molecule has 1 aliphatic heterocycles. The van der Waals surface area contributed by atoms with Gasteiger partial charge in [-0.15, -0.1) is 11.8 Å². The Kier molecular flexibility index (Phi) is 5.29. The third kappa shape index (κ3) is 4.72. The van der Waals surface area contributed by atoms with Gasteiger partial charge in [-0.05, 0) is 19.1 Å². The lowest BCUT2D eigenvalue weighted by Gasteiger charge is -2.33. The molecule has 1 heterocycles. The lowest BCUT2D eigenvalue weighted by Crippen LogP contribution is -2.50. The van der Waals surface area contributed by atoms with Gasteiger partial charge in [0, 0.05) is 31.1 Å². The number of sulfonamides is 1. The van der Waals surface area contributed by atoms with Gasteiger partial charge < -0.3 is 4.90 Å². The van der Waals surface area contributed by atoms with E-state index in [1.807, 2.05) is 31.2 Å². The third-order valence-electron chi connectivity index (χ3n) is 3.44. The molecule has 1 aromatic carbocycles. The van der Waals surface area contributed by atoms with Crippen LogP contribution in [0.3, 0.4) is 0 Å². The van der Waals surface area contributed by atoms with E-state index in [0.29, 0.717) is 31.9 Å². The van der Waals surface area contributed by atoms with E-state index >= 15 is 0 Å². The molecule has 0 saturated carbocycles. The van der Waals surface area contributed by atoms with Crippen molar-refractivity contribution in [3.8, 4) is 0 Å². The van der Waals surface area contributed by atoms with E-state index in [9.17, 15) is 13.2 Å². The highest BCUT2D eigenvalue weighted by molar-refractivity contribution is 8.00. The van der Waals surface area contributed by atoms with E-state index in [-0.39, 0.29) is 5.91 Å². The average molecular weight is 328 g/mol. The fourth-order valence-electron chi connectivity index (χ4n) is 2.14. The Morgan fingerprint density at radius 3 is 2.24 bits per heavy atom. The van der Waals surface area contributed by atoms with Crippen LogP contribution >= 0.6 is 11.8 Å². The van der Waals surface area contributed by atoms with Gasteiger partial charge in [0.1, 0.15) is 0 Å². The van der Waals surface area contributed by atoms with Gasteiger partial charge >= 0.3 is 0 Å². The summed E-state index contributed by atoms with van der Waals surface area (Å²) in [5, 5.41) is 0. The van der Waals surface area contributed by atoms with E-state index in [1.54, 1.807) is 4.90 Å². The van der Waals surface area contributed by atoms with Gasteiger partial charge in [0.25, 0.3) is 0 Å². The van der Waals surface area contributed by atoms with Crippen molar-refractivity contribution in [2.75, 3.05) is 38.2 Å². The zero-order valence-corrected chi connectivity index (χ0v) is 13.9. The molecular weight excluding hydrogens is 308 g/mol. The smallest absolute Gasteiger partial charge is 0.233 e. The minimum atomic E-state index is -3.14. The monoisotopic (exact) mass is 328 g/mol. The number of piperazine rings is 1. The van der Waals surface area contributed by atoms with Crippen LogP contribution in [-0.2, 0) is 14.8 Å². The molecular formula is C14H20N2O3S2. The predicted molar refractivity (Wildman–Crippen MR) is 84.9 cm³/mol. The first-order chi connectivity index (χ1) is 9.86. The van der Waals surface area contributed by atoms with Crippen LogP contribution in [0.25, 0.3) is 0 Å². The van der Waals surface area contributed by atoms with Crippen LogP contribution in [0.5, 0.6) is 0 Å². The molecule has 116 valence electrons.